The first-order valence-electron chi connectivity index (χ1n) is 9.37. The molecular formula is C19H24FN5O. The molecule has 0 aliphatic carbocycles. The van der Waals surface area contributed by atoms with E-state index < -0.39 is 0 Å². The van der Waals surface area contributed by atoms with E-state index in [2.05, 4.69) is 22.0 Å². The number of carbonyl (C=O) groups is 1. The quantitative estimate of drug-likeness (QED) is 0.844. The average Bonchev–Trinajstić information content (AvgIpc) is 3.12. The van der Waals surface area contributed by atoms with Crippen molar-refractivity contribution in [3.05, 3.63) is 35.9 Å². The number of carbonyl (C=O) groups excluding carboxylic acids is 1. The van der Waals surface area contributed by atoms with Crippen molar-refractivity contribution in [3.8, 4) is 11.4 Å². The topological polar surface area (TPSA) is 54.3 Å². The number of halogens is 1. The lowest BCUT2D eigenvalue weighted by Gasteiger charge is -2.36. The molecule has 0 radical (unpaired) electrons. The number of hydrogen-bond donors (Lipinski definition) is 0. The number of hydrogen-bond acceptors (Lipinski definition) is 4. The molecule has 1 saturated heterocycles. The molecule has 0 bridgehead atoms. The Hall–Kier alpha value is -2.28. The highest BCUT2D eigenvalue weighted by Gasteiger charge is 2.34. The molecule has 7 heteroatoms. The van der Waals surface area contributed by atoms with Gasteiger partial charge in [-0.2, -0.15) is 0 Å². The number of fused-ring (bicyclic) bond motifs is 1. The fraction of sp³-hybridized carbons (Fsp3) is 0.526. The smallest absolute Gasteiger partial charge is 0.233 e. The molecule has 4 rings (SSSR count). The third kappa shape index (κ3) is 3.11. The van der Waals surface area contributed by atoms with Gasteiger partial charge in [0, 0.05) is 38.3 Å². The molecule has 2 aromatic rings. The minimum absolute atomic E-state index is 0.166. The van der Waals surface area contributed by atoms with Crippen LogP contribution in [0.3, 0.4) is 0 Å². The first-order valence-corrected chi connectivity index (χ1v) is 9.37. The zero-order chi connectivity index (χ0) is 18.1. The number of benzene rings is 1. The SMILES string of the molecule is CCN1CCN(C(=O)C2CCCn3c(-c4ccc(F)cc4)nnc32)CC1. The number of aromatic nitrogens is 3. The highest BCUT2D eigenvalue weighted by Crippen LogP contribution is 2.31. The number of rotatable bonds is 3. The van der Waals surface area contributed by atoms with E-state index >= 15 is 0 Å². The third-order valence-corrected chi connectivity index (χ3v) is 5.50. The Bertz CT molecular complexity index is 780. The molecule has 1 unspecified atom stereocenters. The Morgan fingerprint density at radius 1 is 1.12 bits per heavy atom. The molecule has 2 aliphatic rings. The first-order chi connectivity index (χ1) is 12.7. The predicted octanol–water partition coefficient (Wildman–Crippen LogP) is 2.13. The zero-order valence-corrected chi connectivity index (χ0v) is 15.1. The van der Waals surface area contributed by atoms with Gasteiger partial charge in [0.25, 0.3) is 0 Å². The Labute approximate surface area is 152 Å². The first kappa shape index (κ1) is 17.1. The summed E-state index contributed by atoms with van der Waals surface area (Å²) in [7, 11) is 0. The maximum absolute atomic E-state index is 13.2. The summed E-state index contributed by atoms with van der Waals surface area (Å²) in [5.41, 5.74) is 0.829. The van der Waals surface area contributed by atoms with Crippen LogP contribution in [-0.4, -0.2) is 63.2 Å². The van der Waals surface area contributed by atoms with Crippen LogP contribution in [0.15, 0.2) is 24.3 Å². The zero-order valence-electron chi connectivity index (χ0n) is 15.1. The number of nitrogens with zero attached hydrogens (tertiary/aromatic N) is 5. The summed E-state index contributed by atoms with van der Waals surface area (Å²) in [6, 6.07) is 6.27. The summed E-state index contributed by atoms with van der Waals surface area (Å²) < 4.78 is 15.2. The lowest BCUT2D eigenvalue weighted by atomic mass is 9.96. The molecular weight excluding hydrogens is 333 g/mol. The van der Waals surface area contributed by atoms with Crippen molar-refractivity contribution in [2.45, 2.75) is 32.2 Å². The van der Waals surface area contributed by atoms with Crippen LogP contribution in [0.2, 0.25) is 0 Å². The summed E-state index contributed by atoms with van der Waals surface area (Å²) in [6.45, 7) is 7.40. The van der Waals surface area contributed by atoms with Gasteiger partial charge in [-0.25, -0.2) is 4.39 Å². The van der Waals surface area contributed by atoms with E-state index in [1.807, 2.05) is 9.47 Å². The molecule has 0 N–H and O–H groups in total. The summed E-state index contributed by atoms with van der Waals surface area (Å²) in [5, 5.41) is 8.66. The van der Waals surface area contributed by atoms with Crippen molar-refractivity contribution in [1.29, 1.82) is 0 Å². The Kier molecular flexibility index (Phi) is 4.72. The molecule has 2 aliphatic heterocycles. The molecule has 1 aromatic carbocycles. The Morgan fingerprint density at radius 3 is 2.54 bits per heavy atom. The standard InChI is InChI=1S/C19H24FN5O/c1-2-23-10-12-24(13-11-23)19(26)16-4-3-9-25-17(21-22-18(16)25)14-5-7-15(20)8-6-14/h5-8,16H,2-4,9-13H2,1H3. The van der Waals surface area contributed by atoms with E-state index in [0.717, 1.165) is 63.5 Å². The highest BCUT2D eigenvalue weighted by atomic mass is 19.1. The summed E-state index contributed by atoms with van der Waals surface area (Å²) in [4.78, 5) is 17.4. The van der Waals surface area contributed by atoms with Crippen LogP contribution in [-0.2, 0) is 11.3 Å². The van der Waals surface area contributed by atoms with E-state index in [1.165, 1.54) is 12.1 Å². The van der Waals surface area contributed by atoms with Crippen molar-refractivity contribution in [2.75, 3.05) is 32.7 Å². The molecule has 1 atom stereocenters. The molecule has 0 saturated carbocycles. The maximum atomic E-state index is 13.2. The minimum Gasteiger partial charge on any atom is -0.339 e. The van der Waals surface area contributed by atoms with E-state index in [4.69, 9.17) is 0 Å². The van der Waals surface area contributed by atoms with Crippen LogP contribution in [0.5, 0.6) is 0 Å². The monoisotopic (exact) mass is 357 g/mol. The lowest BCUT2D eigenvalue weighted by Crippen LogP contribution is -2.50. The van der Waals surface area contributed by atoms with Crippen LogP contribution in [0, 0.1) is 5.82 Å². The van der Waals surface area contributed by atoms with Gasteiger partial charge >= 0.3 is 0 Å². The molecule has 6 nitrogen and oxygen atoms in total. The summed E-state index contributed by atoms with van der Waals surface area (Å²) >= 11 is 0. The van der Waals surface area contributed by atoms with Crippen molar-refractivity contribution in [2.24, 2.45) is 0 Å². The van der Waals surface area contributed by atoms with Crippen LogP contribution >= 0.6 is 0 Å². The molecule has 0 spiro atoms. The van der Waals surface area contributed by atoms with Gasteiger partial charge < -0.3 is 14.4 Å². The van der Waals surface area contributed by atoms with Gasteiger partial charge in [-0.1, -0.05) is 6.92 Å². The summed E-state index contributed by atoms with van der Waals surface area (Å²) in [6.07, 6.45) is 1.74. The van der Waals surface area contributed by atoms with Gasteiger partial charge in [0.05, 0.1) is 5.92 Å². The Balaban J connectivity index is 1.56. The third-order valence-electron chi connectivity index (χ3n) is 5.50. The fourth-order valence-corrected chi connectivity index (χ4v) is 3.93. The minimum atomic E-state index is -0.272. The molecule has 138 valence electrons. The van der Waals surface area contributed by atoms with Gasteiger partial charge in [0.1, 0.15) is 11.6 Å². The van der Waals surface area contributed by atoms with Gasteiger partial charge in [-0.3, -0.25) is 4.79 Å². The van der Waals surface area contributed by atoms with Gasteiger partial charge in [-0.15, -0.1) is 10.2 Å². The number of amides is 1. The van der Waals surface area contributed by atoms with E-state index in [1.54, 1.807) is 12.1 Å². The second-order valence-electron chi connectivity index (χ2n) is 6.99. The van der Waals surface area contributed by atoms with Crippen LogP contribution in [0.1, 0.15) is 31.5 Å². The van der Waals surface area contributed by atoms with Gasteiger partial charge in [0.15, 0.2) is 5.82 Å². The number of piperazine rings is 1. The van der Waals surface area contributed by atoms with Crippen molar-refractivity contribution in [3.63, 3.8) is 0 Å². The molecule has 1 aromatic heterocycles. The van der Waals surface area contributed by atoms with Crippen molar-refractivity contribution >= 4 is 5.91 Å². The van der Waals surface area contributed by atoms with Crippen LogP contribution in [0.4, 0.5) is 4.39 Å². The predicted molar refractivity (Wildman–Crippen MR) is 96.1 cm³/mol. The van der Waals surface area contributed by atoms with Crippen LogP contribution in [0.25, 0.3) is 11.4 Å². The van der Waals surface area contributed by atoms with Crippen LogP contribution < -0.4 is 0 Å². The molecule has 1 amide bonds. The lowest BCUT2D eigenvalue weighted by molar-refractivity contribution is -0.135. The van der Waals surface area contributed by atoms with Crippen molar-refractivity contribution < 1.29 is 9.18 Å². The number of likely N-dealkylation sites (N-methyl/N-ethyl adjacent to an activating group) is 1. The van der Waals surface area contributed by atoms with Crippen molar-refractivity contribution in [1.82, 2.24) is 24.6 Å². The largest absolute Gasteiger partial charge is 0.339 e. The fourth-order valence-electron chi connectivity index (χ4n) is 3.93. The average molecular weight is 357 g/mol. The highest BCUT2D eigenvalue weighted by molar-refractivity contribution is 5.83. The molecule has 1 fully saturated rings. The van der Waals surface area contributed by atoms with E-state index in [-0.39, 0.29) is 17.6 Å². The van der Waals surface area contributed by atoms with Gasteiger partial charge in [0.2, 0.25) is 5.91 Å². The maximum Gasteiger partial charge on any atom is 0.233 e. The second kappa shape index (κ2) is 7.15. The van der Waals surface area contributed by atoms with E-state index in [0.29, 0.717) is 5.82 Å². The summed E-state index contributed by atoms with van der Waals surface area (Å²) in [5.74, 6) is 1.14. The normalized spacial score (nSPS) is 20.8. The molecule has 26 heavy (non-hydrogen) atoms. The Morgan fingerprint density at radius 2 is 1.85 bits per heavy atom. The van der Waals surface area contributed by atoms with Gasteiger partial charge in [-0.05, 0) is 43.7 Å². The second-order valence-corrected chi connectivity index (χ2v) is 6.99. The molecule has 3 heterocycles. The van der Waals surface area contributed by atoms with E-state index in [9.17, 15) is 9.18 Å².